The summed E-state index contributed by atoms with van der Waals surface area (Å²) >= 11 is 0. The maximum Gasteiger partial charge on any atom is 0.335 e. The number of rotatable bonds is 6. The molecule has 13 N–H and O–H groups in total. The van der Waals surface area contributed by atoms with Gasteiger partial charge in [0, 0.05) is 6.92 Å². The summed E-state index contributed by atoms with van der Waals surface area (Å²) in [6.07, 6.45) is -44.7. The van der Waals surface area contributed by atoms with E-state index >= 15 is 0 Å². The molecule has 57 heavy (non-hydrogen) atoms. The van der Waals surface area contributed by atoms with E-state index < -0.39 is 179 Å². The number of carboxylic acid groups (broad SMARTS) is 1. The van der Waals surface area contributed by atoms with Crippen molar-refractivity contribution in [2.24, 2.45) is 0 Å². The van der Waals surface area contributed by atoms with Crippen molar-refractivity contribution in [3.05, 3.63) is 0 Å². The van der Waals surface area contributed by atoms with E-state index in [2.05, 4.69) is 5.32 Å². The number of amides is 1. The number of aliphatic carboxylic acids is 1. The Morgan fingerprint density at radius 2 is 1.09 bits per heavy atom. The third kappa shape index (κ3) is 8.68. The zero-order valence-electron chi connectivity index (χ0n) is 30.6. The van der Waals surface area contributed by atoms with Crippen LogP contribution < -0.4 is 5.32 Å². The Hall–Kier alpha value is -1.90. The predicted octanol–water partition coefficient (Wildman–Crippen LogP) is -8.59. The van der Waals surface area contributed by atoms with Crippen molar-refractivity contribution in [1.82, 2.24) is 5.32 Å². The second kappa shape index (κ2) is 18.0. The van der Waals surface area contributed by atoms with Crippen LogP contribution >= 0.6 is 0 Å². The highest BCUT2D eigenvalue weighted by Crippen LogP contribution is 2.38. The van der Waals surface area contributed by atoms with Crippen molar-refractivity contribution in [1.29, 1.82) is 0 Å². The van der Waals surface area contributed by atoms with E-state index in [-0.39, 0.29) is 0 Å². The Bertz CT molecular complexity index is 1380. The van der Waals surface area contributed by atoms with E-state index in [0.29, 0.717) is 0 Å². The van der Waals surface area contributed by atoms with E-state index in [1.165, 1.54) is 13.8 Å². The highest BCUT2D eigenvalue weighted by Gasteiger charge is 2.59. The van der Waals surface area contributed by atoms with Gasteiger partial charge in [-0.3, -0.25) is 4.79 Å². The molecule has 0 aromatic rings. The van der Waals surface area contributed by atoms with Gasteiger partial charge in [0.2, 0.25) is 5.91 Å². The van der Waals surface area contributed by atoms with E-state index in [0.717, 1.165) is 6.92 Å². The molecular formula is C32H51NO24. The van der Waals surface area contributed by atoms with Crippen molar-refractivity contribution in [3.63, 3.8) is 0 Å². The molecule has 328 valence electrons. The zero-order chi connectivity index (χ0) is 41.8. The molecule has 8 bridgehead atoms. The zero-order valence-corrected chi connectivity index (χ0v) is 30.6. The SMILES string of the molecule is CC(=O)N[C@H]1[C@@H]2O[C@@H]3[C@@H](O)[C@H](C)O[C@@H](O[C@H]4[C@H](O)[C@@H](O)[C@H](O[C@@H]5[C@@H](O)[C@H](C)O[C@H](O[C@@H]([C@@H]1O)[C@@H](CO)O2)[C@@H]5O)O[C@@H]4C(=O)O)[C@@H]3O[C@H]1O[C@H](CO)[C@@H](O)[C@H](O)[C@H]1O. The topological polar surface area (TPSA) is 381 Å². The number of carbonyl (C=O) groups excluding carboxylic acids is 1. The van der Waals surface area contributed by atoms with Gasteiger partial charge >= 0.3 is 5.97 Å². The lowest BCUT2D eigenvalue weighted by Crippen LogP contribution is -2.71. The molecule has 25 heteroatoms. The number of ether oxygens (including phenoxy) is 10. The minimum Gasteiger partial charge on any atom is -0.479 e. The molecule has 0 radical (unpaired) electrons. The third-order valence-electron chi connectivity index (χ3n) is 10.9. The number of hydrogen-bond donors (Lipinski definition) is 13. The van der Waals surface area contributed by atoms with Gasteiger partial charge in [0.25, 0.3) is 0 Å². The van der Waals surface area contributed by atoms with Crippen LogP contribution in [0.1, 0.15) is 20.8 Å². The van der Waals surface area contributed by atoms with E-state index in [1.54, 1.807) is 0 Å². The van der Waals surface area contributed by atoms with Crippen LogP contribution in [0.5, 0.6) is 0 Å². The lowest BCUT2D eigenvalue weighted by molar-refractivity contribution is -0.409. The van der Waals surface area contributed by atoms with Crippen LogP contribution in [0.15, 0.2) is 0 Å². The molecule has 25 nitrogen and oxygen atoms in total. The molecular weight excluding hydrogens is 782 g/mol. The minimum absolute atomic E-state index is 0.752. The summed E-state index contributed by atoms with van der Waals surface area (Å²) in [5.41, 5.74) is 0. The Labute approximate surface area is 323 Å². The normalized spacial score (nSPS) is 53.4. The molecule has 9 saturated heterocycles. The highest BCUT2D eigenvalue weighted by atomic mass is 16.8. The quantitative estimate of drug-likeness (QED) is 0.118. The Kier molecular flexibility index (Phi) is 14.1. The van der Waals surface area contributed by atoms with Crippen molar-refractivity contribution in [3.8, 4) is 0 Å². The second-order valence-corrected chi connectivity index (χ2v) is 14.8. The Morgan fingerprint density at radius 3 is 1.70 bits per heavy atom. The van der Waals surface area contributed by atoms with Gasteiger partial charge in [-0.2, -0.15) is 0 Å². The lowest BCUT2D eigenvalue weighted by Gasteiger charge is -2.52. The summed E-state index contributed by atoms with van der Waals surface area (Å²) in [4.78, 5) is 25.1. The summed E-state index contributed by atoms with van der Waals surface area (Å²) in [5.74, 6) is -2.54. The molecule has 0 unspecified atom stereocenters. The van der Waals surface area contributed by atoms with Gasteiger partial charge in [-0.25, -0.2) is 4.79 Å². The average molecular weight is 834 g/mol. The minimum atomic E-state index is -2.22. The number of nitrogens with one attached hydrogen (secondary N) is 1. The first-order valence-electron chi connectivity index (χ1n) is 18.3. The van der Waals surface area contributed by atoms with Crippen LogP contribution in [-0.4, -0.2) is 240 Å². The summed E-state index contributed by atoms with van der Waals surface area (Å²) in [6.45, 7) is 1.91. The van der Waals surface area contributed by atoms with Gasteiger partial charge in [-0.05, 0) is 13.8 Å². The third-order valence-corrected chi connectivity index (χ3v) is 10.9. The van der Waals surface area contributed by atoms with Crippen LogP contribution in [0.4, 0.5) is 0 Å². The molecule has 9 fully saturated rings. The summed E-state index contributed by atoms with van der Waals surface area (Å²) in [5, 5.41) is 133. The molecule has 0 saturated carbocycles. The van der Waals surface area contributed by atoms with Gasteiger partial charge in [-0.1, -0.05) is 0 Å². The molecule has 0 aromatic heterocycles. The van der Waals surface area contributed by atoms with E-state index in [4.69, 9.17) is 47.4 Å². The molecule has 0 aromatic carbocycles. The fourth-order valence-electron chi connectivity index (χ4n) is 7.66. The van der Waals surface area contributed by atoms with Gasteiger partial charge in [0.15, 0.2) is 37.6 Å². The molecule has 9 aliphatic rings. The number of carbonyl (C=O) groups is 2. The first kappa shape index (κ1) is 44.6. The smallest absolute Gasteiger partial charge is 0.335 e. The van der Waals surface area contributed by atoms with Gasteiger partial charge in [-0.15, -0.1) is 0 Å². The molecule has 0 spiro atoms. The van der Waals surface area contributed by atoms with Crippen molar-refractivity contribution < 1.29 is 118 Å². The van der Waals surface area contributed by atoms with Crippen LogP contribution in [0.3, 0.4) is 0 Å². The van der Waals surface area contributed by atoms with Crippen LogP contribution in [0.2, 0.25) is 0 Å². The predicted molar refractivity (Wildman–Crippen MR) is 172 cm³/mol. The lowest BCUT2D eigenvalue weighted by atomic mass is 9.93. The standard InChI is InChI=1S/C32H51NO24/c1-6-12(37)22-20(45)31(48-6)52-21-10(5-35)51-28(11(15(21)40)33-8(3)36)54-23-13(38)7(2)49-32(26(23)57-29-18(43)16(41)14(39)9(4-34)50-29)55-24-17(42)19(44)30(53-22)56-25(24)27(46)47/h6-7,9-26,28-32,34-35,37-45H,4-5H2,1-3H3,(H,33,36)(H,46,47)/t6-,7-,9+,10+,11+,12-,13-,14+,15+,16-,17+,18+,19+,20+,21+,22+,23+,24-,25-,26+,28-,29+,30+,31+,32-/m0/s1. The van der Waals surface area contributed by atoms with E-state index in [1.807, 2.05) is 0 Å². The fourth-order valence-corrected chi connectivity index (χ4v) is 7.66. The molecule has 9 heterocycles. The molecule has 9 rings (SSSR count). The Balaban J connectivity index is 1.46. The van der Waals surface area contributed by atoms with Gasteiger partial charge < -0.3 is 114 Å². The fraction of sp³-hybridized carbons (Fsp3) is 0.938. The second-order valence-electron chi connectivity index (χ2n) is 14.8. The molecule has 25 atom stereocenters. The Morgan fingerprint density at radius 1 is 0.526 bits per heavy atom. The van der Waals surface area contributed by atoms with Crippen molar-refractivity contribution >= 4 is 11.9 Å². The average Bonchev–Trinajstić information content (AvgIpc) is 3.16. The van der Waals surface area contributed by atoms with E-state index in [9.17, 15) is 70.9 Å². The monoisotopic (exact) mass is 833 g/mol. The molecule has 1 amide bonds. The largest absolute Gasteiger partial charge is 0.479 e. The van der Waals surface area contributed by atoms with Gasteiger partial charge in [0.1, 0.15) is 104 Å². The van der Waals surface area contributed by atoms with Crippen LogP contribution in [-0.2, 0) is 57.0 Å². The number of hydrogen-bond acceptors (Lipinski definition) is 23. The molecule has 0 aliphatic carbocycles. The molecule has 9 aliphatic heterocycles. The number of aliphatic hydroxyl groups excluding tert-OH is 11. The maximum atomic E-state index is 12.6. The van der Waals surface area contributed by atoms with Gasteiger partial charge in [0.05, 0.1) is 25.4 Å². The van der Waals surface area contributed by atoms with Crippen LogP contribution in [0, 0.1) is 0 Å². The van der Waals surface area contributed by atoms with Crippen molar-refractivity contribution in [2.45, 2.75) is 174 Å². The summed E-state index contributed by atoms with van der Waals surface area (Å²) in [6, 6.07) is -1.62. The first-order chi connectivity index (χ1) is 26.9. The first-order valence-corrected chi connectivity index (χ1v) is 18.3. The number of carboxylic acids is 1. The highest BCUT2D eigenvalue weighted by molar-refractivity contribution is 5.73. The summed E-state index contributed by atoms with van der Waals surface area (Å²) in [7, 11) is 0. The summed E-state index contributed by atoms with van der Waals surface area (Å²) < 4.78 is 58.2. The van der Waals surface area contributed by atoms with Crippen LogP contribution in [0.25, 0.3) is 0 Å². The maximum absolute atomic E-state index is 12.6. The van der Waals surface area contributed by atoms with Crippen molar-refractivity contribution in [2.75, 3.05) is 13.2 Å². The number of aliphatic hydroxyl groups is 11.